The molecule has 1 heterocycles. The second-order valence-corrected chi connectivity index (χ2v) is 3.99. The number of nitrogens with zero attached hydrogens (tertiary/aromatic N) is 1. The Hall–Kier alpha value is -0.920. The fourth-order valence-corrected chi connectivity index (χ4v) is 1.68. The molecule has 0 N–H and O–H groups in total. The molecule has 0 aromatic heterocycles. The van der Waals surface area contributed by atoms with E-state index in [2.05, 4.69) is 24.9 Å². The van der Waals surface area contributed by atoms with Gasteiger partial charge >= 0.3 is 0 Å². The number of carbonyl (C=O) groups excluding carboxylic acids is 1. The Labute approximate surface area is 86.1 Å². The second kappa shape index (κ2) is 5.08. The van der Waals surface area contributed by atoms with Gasteiger partial charge in [0.15, 0.2) is 5.78 Å². The van der Waals surface area contributed by atoms with Gasteiger partial charge in [0.05, 0.1) is 6.04 Å². The van der Waals surface area contributed by atoms with Gasteiger partial charge in [0.2, 0.25) is 0 Å². The fourth-order valence-electron chi connectivity index (χ4n) is 1.68. The predicted molar refractivity (Wildman–Crippen MR) is 59.7 cm³/mol. The number of rotatable bonds is 2. The lowest BCUT2D eigenvalue weighted by Crippen LogP contribution is -2.13. The number of ketones is 1. The number of Topliss-reactive ketones (excluding diaryl/α,β-unsaturated/α-hetero) is 1. The summed E-state index contributed by atoms with van der Waals surface area (Å²) in [4.78, 5) is 16.0. The Bertz CT molecular complexity index is 265. The van der Waals surface area contributed by atoms with Gasteiger partial charge in [-0.2, -0.15) is 0 Å². The van der Waals surface area contributed by atoms with Crippen LogP contribution in [-0.2, 0) is 4.79 Å². The van der Waals surface area contributed by atoms with E-state index in [0.717, 1.165) is 18.4 Å². The minimum absolute atomic E-state index is 0.292. The Balaban J connectivity index is 2.79. The minimum Gasteiger partial charge on any atom is -0.295 e. The Morgan fingerprint density at radius 1 is 1.50 bits per heavy atom. The fraction of sp³-hybridized carbons (Fsp3) is 0.667. The van der Waals surface area contributed by atoms with Gasteiger partial charge in [-0.05, 0) is 37.5 Å². The van der Waals surface area contributed by atoms with Gasteiger partial charge in [0, 0.05) is 6.42 Å². The van der Waals surface area contributed by atoms with Crippen LogP contribution in [0.3, 0.4) is 0 Å². The van der Waals surface area contributed by atoms with E-state index in [0.29, 0.717) is 24.2 Å². The molecule has 2 atom stereocenters. The third-order valence-corrected chi connectivity index (χ3v) is 2.67. The highest BCUT2D eigenvalue weighted by Gasteiger charge is 2.16. The van der Waals surface area contributed by atoms with Crippen LogP contribution < -0.4 is 0 Å². The van der Waals surface area contributed by atoms with E-state index in [1.807, 2.05) is 13.1 Å². The van der Waals surface area contributed by atoms with Crippen molar-refractivity contribution < 1.29 is 4.79 Å². The number of aliphatic imine (C=N–C) groups is 1. The van der Waals surface area contributed by atoms with E-state index in [4.69, 9.17) is 0 Å². The van der Waals surface area contributed by atoms with Gasteiger partial charge in [-0.3, -0.25) is 9.79 Å². The van der Waals surface area contributed by atoms with Crippen LogP contribution in [0.15, 0.2) is 16.6 Å². The monoisotopic (exact) mass is 193 g/mol. The van der Waals surface area contributed by atoms with Crippen LogP contribution in [0.2, 0.25) is 0 Å². The lowest BCUT2D eigenvalue weighted by Gasteiger charge is -2.16. The number of carbonyl (C=O) groups is 1. The van der Waals surface area contributed by atoms with Crippen LogP contribution in [0, 0.1) is 5.92 Å². The molecule has 2 heteroatoms. The molecule has 78 valence electrons. The molecule has 1 aliphatic rings. The van der Waals surface area contributed by atoms with Crippen LogP contribution >= 0.6 is 0 Å². The highest BCUT2D eigenvalue weighted by atomic mass is 16.1. The van der Waals surface area contributed by atoms with Crippen LogP contribution in [0.5, 0.6) is 0 Å². The highest BCUT2D eigenvalue weighted by Crippen LogP contribution is 2.19. The lowest BCUT2D eigenvalue weighted by atomic mass is 9.91. The molecule has 14 heavy (non-hydrogen) atoms. The first kappa shape index (κ1) is 11.2. The molecular formula is C12H19NO. The smallest absolute Gasteiger partial charge is 0.158 e. The molecule has 0 saturated heterocycles. The third-order valence-electron chi connectivity index (χ3n) is 2.67. The van der Waals surface area contributed by atoms with Gasteiger partial charge in [0.1, 0.15) is 0 Å². The molecule has 1 aliphatic heterocycles. The zero-order valence-electron chi connectivity index (χ0n) is 9.29. The zero-order valence-corrected chi connectivity index (χ0v) is 9.29. The van der Waals surface area contributed by atoms with Gasteiger partial charge in [-0.15, -0.1) is 0 Å². The molecule has 0 fully saturated rings. The summed E-state index contributed by atoms with van der Waals surface area (Å²) in [5, 5.41) is 0. The standard InChI is InChI=1S/C12H19NO/c1-4-12(14)11-6-5-10(3)13-8-7-9(11)2/h6,8-10H,4-5,7H2,1-3H3/b11-6+,13-8+. The third kappa shape index (κ3) is 2.79. The van der Waals surface area contributed by atoms with Crippen molar-refractivity contribution in [2.24, 2.45) is 10.9 Å². The Morgan fingerprint density at radius 3 is 2.86 bits per heavy atom. The maximum atomic E-state index is 11.6. The number of hydrogen-bond acceptors (Lipinski definition) is 2. The van der Waals surface area contributed by atoms with E-state index >= 15 is 0 Å². The molecule has 0 aromatic carbocycles. The summed E-state index contributed by atoms with van der Waals surface area (Å²) in [5.41, 5.74) is 1.01. The van der Waals surface area contributed by atoms with Gasteiger partial charge in [-0.25, -0.2) is 0 Å². The van der Waals surface area contributed by atoms with Crippen molar-refractivity contribution in [1.82, 2.24) is 0 Å². The molecule has 0 spiro atoms. The largest absolute Gasteiger partial charge is 0.295 e. The number of hydrogen-bond donors (Lipinski definition) is 0. The SMILES string of the molecule is CCC(=O)/C1=C/CC(C)/N=C/CC1C. The van der Waals surface area contributed by atoms with Gasteiger partial charge < -0.3 is 0 Å². The first-order valence-electron chi connectivity index (χ1n) is 5.40. The first-order chi connectivity index (χ1) is 6.65. The average Bonchev–Trinajstić information content (AvgIpc) is 2.15. The zero-order chi connectivity index (χ0) is 10.6. The summed E-state index contributed by atoms with van der Waals surface area (Å²) in [6.07, 6.45) is 6.44. The highest BCUT2D eigenvalue weighted by molar-refractivity contribution is 5.95. The summed E-state index contributed by atoms with van der Waals surface area (Å²) < 4.78 is 0. The molecule has 2 nitrogen and oxygen atoms in total. The summed E-state index contributed by atoms with van der Waals surface area (Å²) in [7, 11) is 0. The Kier molecular flexibility index (Phi) is 4.05. The summed E-state index contributed by atoms with van der Waals surface area (Å²) in [5.74, 6) is 0.624. The predicted octanol–water partition coefficient (Wildman–Crippen LogP) is 2.78. The molecule has 1 rings (SSSR count). The summed E-state index contributed by atoms with van der Waals surface area (Å²) in [6.45, 7) is 6.10. The normalized spacial score (nSPS) is 33.8. The van der Waals surface area contributed by atoms with Crippen LogP contribution in [0.4, 0.5) is 0 Å². The first-order valence-corrected chi connectivity index (χ1v) is 5.40. The molecular weight excluding hydrogens is 174 g/mol. The average molecular weight is 193 g/mol. The molecule has 2 unspecified atom stereocenters. The van der Waals surface area contributed by atoms with Gasteiger partial charge in [-0.1, -0.05) is 19.9 Å². The van der Waals surface area contributed by atoms with E-state index in [1.165, 1.54) is 0 Å². The van der Waals surface area contributed by atoms with Crippen molar-refractivity contribution in [3.63, 3.8) is 0 Å². The van der Waals surface area contributed by atoms with E-state index < -0.39 is 0 Å². The topological polar surface area (TPSA) is 29.4 Å². The van der Waals surface area contributed by atoms with Crippen molar-refractivity contribution in [3.05, 3.63) is 11.6 Å². The molecule has 0 amide bonds. The molecule has 0 aromatic rings. The second-order valence-electron chi connectivity index (χ2n) is 3.99. The maximum Gasteiger partial charge on any atom is 0.158 e. The number of allylic oxidation sites excluding steroid dienone is 1. The van der Waals surface area contributed by atoms with Crippen LogP contribution in [0.1, 0.15) is 40.0 Å². The van der Waals surface area contributed by atoms with Crippen molar-refractivity contribution in [3.8, 4) is 0 Å². The molecule has 0 radical (unpaired) electrons. The van der Waals surface area contributed by atoms with Crippen molar-refractivity contribution in [2.75, 3.05) is 0 Å². The minimum atomic E-state index is 0.292. The lowest BCUT2D eigenvalue weighted by molar-refractivity contribution is -0.115. The van der Waals surface area contributed by atoms with Crippen molar-refractivity contribution >= 4 is 12.0 Å². The quantitative estimate of drug-likeness (QED) is 0.663. The van der Waals surface area contributed by atoms with Gasteiger partial charge in [0.25, 0.3) is 0 Å². The summed E-state index contributed by atoms with van der Waals surface area (Å²) in [6, 6.07) is 0.321. The molecule has 0 saturated carbocycles. The summed E-state index contributed by atoms with van der Waals surface area (Å²) >= 11 is 0. The van der Waals surface area contributed by atoms with E-state index in [-0.39, 0.29) is 0 Å². The van der Waals surface area contributed by atoms with E-state index in [1.54, 1.807) is 0 Å². The van der Waals surface area contributed by atoms with Crippen molar-refractivity contribution in [1.29, 1.82) is 0 Å². The molecule has 0 bridgehead atoms. The van der Waals surface area contributed by atoms with E-state index in [9.17, 15) is 4.79 Å². The van der Waals surface area contributed by atoms with Crippen LogP contribution in [-0.4, -0.2) is 18.0 Å². The molecule has 0 aliphatic carbocycles. The van der Waals surface area contributed by atoms with Crippen LogP contribution in [0.25, 0.3) is 0 Å². The Morgan fingerprint density at radius 2 is 2.21 bits per heavy atom. The maximum absolute atomic E-state index is 11.6. The van der Waals surface area contributed by atoms with Crippen molar-refractivity contribution in [2.45, 2.75) is 46.1 Å².